The van der Waals surface area contributed by atoms with E-state index >= 15 is 0 Å². The first-order valence-electron chi connectivity index (χ1n) is 8.27. The second kappa shape index (κ2) is 6.11. The second-order valence-electron chi connectivity index (χ2n) is 6.32. The molecule has 6 heteroatoms. The molecule has 2 aromatic heterocycles. The van der Waals surface area contributed by atoms with Gasteiger partial charge in [-0.1, -0.05) is 29.8 Å². The Bertz CT molecular complexity index is 1210. The van der Waals surface area contributed by atoms with E-state index < -0.39 is 0 Å². The Morgan fingerprint density at radius 1 is 1.00 bits per heavy atom. The average molecular weight is 365 g/mol. The molecule has 0 spiro atoms. The van der Waals surface area contributed by atoms with Crippen molar-refractivity contribution in [3.63, 3.8) is 0 Å². The van der Waals surface area contributed by atoms with Crippen molar-refractivity contribution in [3.05, 3.63) is 80.9 Å². The maximum absolute atomic E-state index is 13.3. The van der Waals surface area contributed by atoms with Crippen LogP contribution in [0.3, 0.4) is 0 Å². The first kappa shape index (κ1) is 16.5. The highest BCUT2D eigenvalue weighted by molar-refractivity contribution is 6.30. The van der Waals surface area contributed by atoms with Crippen LogP contribution in [0.15, 0.2) is 53.5 Å². The minimum absolute atomic E-state index is 0.211. The van der Waals surface area contributed by atoms with E-state index in [0.717, 1.165) is 33.6 Å². The number of hydrogen-bond acceptors (Lipinski definition) is 3. The summed E-state index contributed by atoms with van der Waals surface area (Å²) in [6.45, 7) is 5.89. The number of nitrogens with zero attached hydrogens (tertiary/aromatic N) is 4. The van der Waals surface area contributed by atoms with Gasteiger partial charge in [-0.25, -0.2) is 4.68 Å². The van der Waals surface area contributed by atoms with Crippen molar-refractivity contribution in [2.24, 2.45) is 0 Å². The summed E-state index contributed by atoms with van der Waals surface area (Å²) in [6, 6.07) is 13.1. The maximum Gasteiger partial charge on any atom is 0.298 e. The van der Waals surface area contributed by atoms with Gasteiger partial charge in [0.15, 0.2) is 0 Å². The van der Waals surface area contributed by atoms with Gasteiger partial charge in [-0.15, -0.1) is 0 Å². The molecular formula is C20H17ClN4O. The Kier molecular flexibility index (Phi) is 3.89. The van der Waals surface area contributed by atoms with E-state index in [1.807, 2.05) is 51.1 Å². The molecule has 0 unspecified atom stereocenters. The average Bonchev–Trinajstić information content (AvgIpc) is 3.07. The monoisotopic (exact) mass is 364 g/mol. The quantitative estimate of drug-likeness (QED) is 0.537. The molecule has 0 N–H and O–H groups in total. The van der Waals surface area contributed by atoms with Gasteiger partial charge in [0, 0.05) is 10.4 Å². The summed E-state index contributed by atoms with van der Waals surface area (Å²) in [5.74, 6) is 0. The van der Waals surface area contributed by atoms with Crippen LogP contribution < -0.4 is 5.56 Å². The molecule has 0 atom stereocenters. The molecule has 0 fully saturated rings. The highest BCUT2D eigenvalue weighted by Crippen LogP contribution is 2.21. The van der Waals surface area contributed by atoms with Crippen molar-refractivity contribution in [2.45, 2.75) is 20.8 Å². The lowest BCUT2D eigenvalue weighted by atomic mass is 10.1. The van der Waals surface area contributed by atoms with Crippen LogP contribution in [0.2, 0.25) is 5.02 Å². The highest BCUT2D eigenvalue weighted by Gasteiger charge is 2.17. The summed E-state index contributed by atoms with van der Waals surface area (Å²) in [4.78, 5) is 13.3. The largest absolute Gasteiger partial charge is 0.298 e. The molecule has 2 aromatic carbocycles. The van der Waals surface area contributed by atoms with E-state index in [0.29, 0.717) is 10.5 Å². The van der Waals surface area contributed by atoms with Crippen LogP contribution in [0, 0.1) is 20.8 Å². The lowest BCUT2D eigenvalue weighted by Gasteiger charge is -2.12. The summed E-state index contributed by atoms with van der Waals surface area (Å²) in [6.07, 6.45) is 1.67. The first-order chi connectivity index (χ1) is 12.5. The molecule has 5 nitrogen and oxygen atoms in total. The summed E-state index contributed by atoms with van der Waals surface area (Å²) in [5.41, 5.74) is 4.67. The molecule has 0 saturated carbocycles. The van der Waals surface area contributed by atoms with Gasteiger partial charge in [0.1, 0.15) is 5.52 Å². The molecule has 130 valence electrons. The fraction of sp³-hybridized carbons (Fsp3) is 0.150. The van der Waals surface area contributed by atoms with Crippen molar-refractivity contribution in [1.82, 2.24) is 19.6 Å². The molecule has 0 aliphatic heterocycles. The molecule has 0 radical (unpaired) electrons. The van der Waals surface area contributed by atoms with Crippen LogP contribution in [-0.2, 0) is 0 Å². The molecule has 0 saturated heterocycles. The molecule has 2 heterocycles. The van der Waals surface area contributed by atoms with Gasteiger partial charge in [-0.3, -0.25) is 4.79 Å². The van der Waals surface area contributed by atoms with Crippen LogP contribution in [0.1, 0.15) is 16.8 Å². The Balaban J connectivity index is 2.07. The van der Waals surface area contributed by atoms with Gasteiger partial charge >= 0.3 is 0 Å². The fourth-order valence-electron chi connectivity index (χ4n) is 3.10. The Morgan fingerprint density at radius 3 is 2.54 bits per heavy atom. The highest BCUT2D eigenvalue weighted by atomic mass is 35.5. The molecule has 4 rings (SSSR count). The number of hydrogen-bond donors (Lipinski definition) is 0. The lowest BCUT2D eigenvalue weighted by Crippen LogP contribution is -2.24. The fourth-order valence-corrected chi connectivity index (χ4v) is 3.29. The predicted molar refractivity (Wildman–Crippen MR) is 104 cm³/mol. The summed E-state index contributed by atoms with van der Waals surface area (Å²) >= 11 is 6.11. The Hall–Kier alpha value is -2.92. The van der Waals surface area contributed by atoms with Crippen LogP contribution in [0.4, 0.5) is 0 Å². The number of aromatic nitrogens is 4. The third-order valence-electron chi connectivity index (χ3n) is 4.66. The Labute approximate surface area is 155 Å². The zero-order chi connectivity index (χ0) is 18.4. The summed E-state index contributed by atoms with van der Waals surface area (Å²) in [7, 11) is 0. The minimum atomic E-state index is -0.211. The minimum Gasteiger partial charge on any atom is -0.265 e. The third kappa shape index (κ3) is 2.52. The topological polar surface area (TPSA) is 52.7 Å². The number of rotatable bonds is 2. The van der Waals surface area contributed by atoms with Gasteiger partial charge < -0.3 is 0 Å². The second-order valence-corrected chi connectivity index (χ2v) is 6.76. The maximum atomic E-state index is 13.3. The van der Waals surface area contributed by atoms with Crippen molar-refractivity contribution >= 4 is 22.5 Å². The number of halogens is 1. The van der Waals surface area contributed by atoms with E-state index in [9.17, 15) is 4.79 Å². The zero-order valence-corrected chi connectivity index (χ0v) is 15.4. The van der Waals surface area contributed by atoms with Crippen molar-refractivity contribution in [2.75, 3.05) is 0 Å². The smallest absolute Gasteiger partial charge is 0.265 e. The van der Waals surface area contributed by atoms with Crippen LogP contribution in [0.25, 0.3) is 22.3 Å². The SMILES string of the molecule is Cc1cccc(-n2nc(C)c3cnn(-c4cccc(Cl)c4)c3c2=O)c1C. The number of fused-ring (bicyclic) bond motifs is 1. The van der Waals surface area contributed by atoms with E-state index in [-0.39, 0.29) is 5.56 Å². The Morgan fingerprint density at radius 2 is 1.77 bits per heavy atom. The molecule has 0 aliphatic rings. The molecule has 0 bridgehead atoms. The van der Waals surface area contributed by atoms with Crippen LogP contribution in [-0.4, -0.2) is 19.6 Å². The van der Waals surface area contributed by atoms with Crippen LogP contribution in [0.5, 0.6) is 0 Å². The first-order valence-corrected chi connectivity index (χ1v) is 8.65. The summed E-state index contributed by atoms with van der Waals surface area (Å²) < 4.78 is 3.09. The molecule has 26 heavy (non-hydrogen) atoms. The normalized spacial score (nSPS) is 11.2. The van der Waals surface area contributed by atoms with E-state index in [4.69, 9.17) is 11.6 Å². The van der Waals surface area contributed by atoms with E-state index in [1.165, 1.54) is 4.68 Å². The van der Waals surface area contributed by atoms with Gasteiger partial charge in [-0.05, 0) is 56.2 Å². The van der Waals surface area contributed by atoms with Crippen molar-refractivity contribution in [3.8, 4) is 11.4 Å². The van der Waals surface area contributed by atoms with Crippen LogP contribution >= 0.6 is 11.6 Å². The van der Waals surface area contributed by atoms with Gasteiger partial charge in [0.05, 0.1) is 23.3 Å². The predicted octanol–water partition coefficient (Wildman–Crippen LogP) is 4.15. The zero-order valence-electron chi connectivity index (χ0n) is 14.7. The lowest BCUT2D eigenvalue weighted by molar-refractivity contribution is 0.785. The van der Waals surface area contributed by atoms with Gasteiger partial charge in [-0.2, -0.15) is 14.9 Å². The van der Waals surface area contributed by atoms with E-state index in [1.54, 1.807) is 23.0 Å². The molecule has 0 amide bonds. The molecule has 4 aromatic rings. The number of benzene rings is 2. The molecule has 0 aliphatic carbocycles. The van der Waals surface area contributed by atoms with Gasteiger partial charge in [0.25, 0.3) is 5.56 Å². The standard InChI is InChI=1S/C20H17ClN4O/c1-12-6-4-9-18(13(12)2)25-20(26)19-17(14(3)23-25)11-22-24(19)16-8-5-7-15(21)10-16/h4-11H,1-3H3. The van der Waals surface area contributed by atoms with Gasteiger partial charge in [0.2, 0.25) is 0 Å². The summed E-state index contributed by atoms with van der Waals surface area (Å²) in [5, 5.41) is 10.3. The van der Waals surface area contributed by atoms with Crippen molar-refractivity contribution < 1.29 is 0 Å². The number of aryl methyl sites for hydroxylation is 2. The molecular weight excluding hydrogens is 348 g/mol. The third-order valence-corrected chi connectivity index (χ3v) is 4.90. The van der Waals surface area contributed by atoms with Crippen molar-refractivity contribution in [1.29, 1.82) is 0 Å². The van der Waals surface area contributed by atoms with E-state index in [2.05, 4.69) is 10.2 Å².